The minimum absolute atomic E-state index is 0.0141. The van der Waals surface area contributed by atoms with Crippen LogP contribution in [-0.4, -0.2) is 149 Å². The number of anilines is 4. The van der Waals surface area contributed by atoms with E-state index in [-0.39, 0.29) is 34.0 Å². The Kier molecular flexibility index (Phi) is 19.6. The third-order valence-electron chi connectivity index (χ3n) is 20.6. The summed E-state index contributed by atoms with van der Waals surface area (Å²) in [7, 11) is -6.53. The highest BCUT2D eigenvalue weighted by Gasteiger charge is 2.53. The number of para-hydroxylation sites is 3. The molecule has 4 fully saturated rings. The maximum absolute atomic E-state index is 12.9. The Labute approximate surface area is 642 Å². The number of morpholine rings is 3. The average Bonchev–Trinajstić information content (AvgIpc) is 1.56. The van der Waals surface area contributed by atoms with Gasteiger partial charge in [0, 0.05) is 138 Å². The van der Waals surface area contributed by atoms with Gasteiger partial charge < -0.3 is 61.4 Å². The standard InChI is InChI=1S/C24H18N4O5.C24H20N4O3.C18H18BNO5.C13H12F3N3O5S/c29-21-14-20(26-10-12-32-13-11-26)25-24-16(5-3-9-27(21)24)15-7-8-18(28(30)31)22-17-4-1-2-6-19(17)33-23(15)22;25-18-8-7-15(23-22(18)17-4-1-2-6-19(17)31-23)16-5-3-9-28-21(29)14-20(26-24(16)28)27-10-12-30-13-11-27;1-17(2)18(3,4)25-19(24-17)12-9-10-13(20(21)22)15-11-7-5-6-8-14(11)23-16(12)15;14-13(15,16)25(21,22)24-9-2-1-3-19-11(20)8-10(17-12(9)19)18-4-6-23-7-5-18/h1-9,14H,10-13H2;1-9,14H,10-13,25H2;5-10H,1-4H3;1-3,8H,4-7H2. The van der Waals surface area contributed by atoms with Gasteiger partial charge in [-0.1, -0.05) is 60.7 Å². The molecule has 0 aliphatic carbocycles. The minimum atomic E-state index is -5.88. The highest BCUT2D eigenvalue weighted by atomic mass is 32.2. The lowest BCUT2D eigenvalue weighted by molar-refractivity contribution is -0.383. The Bertz CT molecular complexity index is 6650. The van der Waals surface area contributed by atoms with Crippen molar-refractivity contribution < 1.29 is 72.4 Å². The molecule has 0 amide bonds. The summed E-state index contributed by atoms with van der Waals surface area (Å²) in [4.78, 5) is 80.1. The number of nitro benzene ring substituents is 2. The number of pyridine rings is 3. The number of nitrogens with two attached hydrogens (primary N) is 1. The van der Waals surface area contributed by atoms with E-state index in [1.54, 1.807) is 64.2 Å². The molecule has 0 atom stereocenters. The molecule has 0 radical (unpaired) electrons. The molecule has 19 rings (SSSR count). The van der Waals surface area contributed by atoms with Gasteiger partial charge in [0.15, 0.2) is 11.4 Å². The monoisotopic (exact) mass is 1570 g/mol. The van der Waals surface area contributed by atoms with Crippen LogP contribution in [0.2, 0.25) is 0 Å². The van der Waals surface area contributed by atoms with E-state index in [1.165, 1.54) is 40.9 Å². The van der Waals surface area contributed by atoms with Crippen LogP contribution in [0.1, 0.15) is 27.7 Å². The van der Waals surface area contributed by atoms with Crippen LogP contribution >= 0.6 is 0 Å². The first-order chi connectivity index (χ1) is 54.7. The number of hydrogen-bond donors (Lipinski definition) is 1. The summed E-state index contributed by atoms with van der Waals surface area (Å²) in [6.45, 7) is 14.7. The maximum atomic E-state index is 12.9. The molecule has 13 heterocycles. The summed E-state index contributed by atoms with van der Waals surface area (Å²) in [6.07, 6.45) is 4.66. The van der Waals surface area contributed by atoms with Crippen molar-refractivity contribution in [1.82, 2.24) is 28.2 Å². The smallest absolute Gasteiger partial charge is 0.456 e. The van der Waals surface area contributed by atoms with Gasteiger partial charge in [-0.25, -0.2) is 15.0 Å². The van der Waals surface area contributed by atoms with Gasteiger partial charge in [-0.15, -0.1) is 0 Å². The van der Waals surface area contributed by atoms with Crippen LogP contribution in [0.3, 0.4) is 0 Å². The number of nitrogens with zero attached hydrogens (tertiary/aromatic N) is 11. The zero-order valence-corrected chi connectivity index (χ0v) is 62.1. The Hall–Kier alpha value is -12.8. The number of furan rings is 3. The SMILES string of the molecule is CC1(C)OB(c2ccc([N+](=O)[O-])c3c2oc2ccccc23)OC1(C)C.Nc1ccc(-c2cccn3c(=O)cc(N4CCOCC4)nc23)c2oc3ccccc3c12.O=c1cc(N2CCOCC2)nc2c(-c3ccc([N+](=O)[O-])c4c3oc3ccccc34)cccn12.O=c1cc(N2CCOCC2)nc2c(OS(=O)(=O)C(F)(F)F)cccn12. The first kappa shape index (κ1) is 75.3. The Morgan fingerprint density at radius 1 is 0.474 bits per heavy atom. The number of halogens is 3. The molecule has 0 saturated carbocycles. The van der Waals surface area contributed by atoms with Crippen molar-refractivity contribution in [3.8, 4) is 28.0 Å². The zero-order chi connectivity index (χ0) is 79.7. The van der Waals surface area contributed by atoms with Crippen LogP contribution in [-0.2, 0) is 33.6 Å². The van der Waals surface area contributed by atoms with Gasteiger partial charge in [0.05, 0.1) is 66.1 Å². The number of fused-ring (bicyclic) bond motifs is 12. The van der Waals surface area contributed by atoms with E-state index in [2.05, 4.69) is 14.1 Å². The molecule has 9 aromatic heterocycles. The van der Waals surface area contributed by atoms with Crippen molar-refractivity contribution in [3.63, 3.8) is 0 Å². The molecule has 6 aromatic carbocycles. The largest absolute Gasteiger partial charge is 0.534 e. The fraction of sp³-hybridized carbons (Fsp3) is 0.241. The molecular weight excluding hydrogens is 1500 g/mol. The van der Waals surface area contributed by atoms with E-state index in [1.807, 2.05) is 118 Å². The lowest BCUT2D eigenvalue weighted by atomic mass is 9.78. The average molecular weight is 1570 g/mol. The third kappa shape index (κ3) is 13.9. The second kappa shape index (κ2) is 29.7. The van der Waals surface area contributed by atoms with Crippen molar-refractivity contribution in [3.05, 3.63) is 234 Å². The highest BCUT2D eigenvalue weighted by Crippen LogP contribution is 2.45. The van der Waals surface area contributed by atoms with Crippen molar-refractivity contribution in [2.45, 2.75) is 44.4 Å². The highest BCUT2D eigenvalue weighted by molar-refractivity contribution is 7.88. The normalized spacial score (nSPS) is 15.9. The number of rotatable bonds is 10. The first-order valence-corrected chi connectivity index (χ1v) is 37.4. The van der Waals surface area contributed by atoms with E-state index >= 15 is 0 Å². The van der Waals surface area contributed by atoms with Crippen LogP contribution in [0, 0.1) is 20.2 Å². The second-order valence-electron chi connectivity index (χ2n) is 28.0. The summed E-state index contributed by atoms with van der Waals surface area (Å²) in [5.41, 5.74) is 7.26. The summed E-state index contributed by atoms with van der Waals surface area (Å²) in [5.74, 6) is 0.761. The molecule has 30 nitrogen and oxygen atoms in total. The van der Waals surface area contributed by atoms with Gasteiger partial charge in [-0.05, 0) is 100 Å². The molecule has 0 spiro atoms. The third-order valence-corrected chi connectivity index (χ3v) is 21.5. The number of nitro groups is 2. The Morgan fingerprint density at radius 2 is 0.842 bits per heavy atom. The lowest BCUT2D eigenvalue weighted by Gasteiger charge is -2.32. The van der Waals surface area contributed by atoms with Crippen LogP contribution < -0.4 is 46.8 Å². The zero-order valence-electron chi connectivity index (χ0n) is 61.3. The van der Waals surface area contributed by atoms with Crippen LogP contribution in [0.25, 0.3) is 105 Å². The van der Waals surface area contributed by atoms with Crippen LogP contribution in [0.5, 0.6) is 5.75 Å². The molecular formula is C79H68BF3N12O18S. The molecule has 582 valence electrons. The molecule has 2 N–H and O–H groups in total. The number of aromatic nitrogens is 6. The number of nitrogen functional groups attached to an aromatic ring is 1. The van der Waals surface area contributed by atoms with Gasteiger partial charge in [0.25, 0.3) is 28.1 Å². The van der Waals surface area contributed by atoms with Crippen molar-refractivity contribution >= 4 is 140 Å². The molecule has 15 aromatic rings. The van der Waals surface area contributed by atoms with E-state index in [4.69, 9.17) is 52.5 Å². The van der Waals surface area contributed by atoms with E-state index in [9.17, 15) is 56.2 Å². The van der Waals surface area contributed by atoms with Crippen molar-refractivity contribution in [1.29, 1.82) is 0 Å². The van der Waals surface area contributed by atoms with Gasteiger partial charge >= 0.3 is 22.7 Å². The molecule has 4 aliphatic rings. The predicted molar refractivity (Wildman–Crippen MR) is 422 cm³/mol. The van der Waals surface area contributed by atoms with Crippen molar-refractivity contribution in [2.75, 3.05) is 99.3 Å². The fourth-order valence-corrected chi connectivity index (χ4v) is 14.7. The Morgan fingerprint density at radius 3 is 1.28 bits per heavy atom. The quantitative estimate of drug-likeness (QED) is 0.0332. The Balaban J connectivity index is 0.000000115. The lowest BCUT2D eigenvalue weighted by Crippen LogP contribution is -2.41. The number of benzene rings is 6. The molecule has 114 heavy (non-hydrogen) atoms. The number of alkyl halides is 3. The fourth-order valence-electron chi connectivity index (χ4n) is 14.2. The maximum Gasteiger partial charge on any atom is 0.534 e. The molecule has 0 unspecified atom stereocenters. The first-order valence-electron chi connectivity index (χ1n) is 36.0. The summed E-state index contributed by atoms with van der Waals surface area (Å²) in [5, 5.41) is 27.4. The van der Waals surface area contributed by atoms with E-state index in [0.29, 0.717) is 174 Å². The molecule has 4 aliphatic heterocycles. The van der Waals surface area contributed by atoms with Crippen LogP contribution in [0.15, 0.2) is 210 Å². The van der Waals surface area contributed by atoms with Gasteiger partial charge in [-0.3, -0.25) is 47.8 Å². The predicted octanol–water partition coefficient (Wildman–Crippen LogP) is 12.2. The molecule has 0 bridgehead atoms. The summed E-state index contributed by atoms with van der Waals surface area (Å²) in [6, 6.07) is 46.4. The number of ether oxygens (including phenoxy) is 3. The summed E-state index contributed by atoms with van der Waals surface area (Å²) < 4.78 is 115. The van der Waals surface area contributed by atoms with Gasteiger partial charge in [0.1, 0.15) is 73.0 Å². The van der Waals surface area contributed by atoms with Crippen molar-refractivity contribution in [2.24, 2.45) is 0 Å². The van der Waals surface area contributed by atoms with E-state index in [0.717, 1.165) is 37.9 Å². The van der Waals surface area contributed by atoms with Gasteiger partial charge in [0.2, 0.25) is 0 Å². The topological polar surface area (TPSA) is 354 Å². The minimum Gasteiger partial charge on any atom is -0.456 e. The molecule has 35 heteroatoms. The number of non-ortho nitro benzene ring substituents is 2. The van der Waals surface area contributed by atoms with Gasteiger partial charge in [-0.2, -0.15) is 21.6 Å². The number of hydrogen-bond acceptors (Lipinski definition) is 25. The van der Waals surface area contributed by atoms with Crippen LogP contribution in [0.4, 0.5) is 47.7 Å². The van der Waals surface area contributed by atoms with E-state index < -0.39 is 55.1 Å². The summed E-state index contributed by atoms with van der Waals surface area (Å²) >= 11 is 0. The second-order valence-corrected chi connectivity index (χ2v) is 29.5. The molecule has 4 saturated heterocycles.